The fraction of sp³-hybridized carbons (Fsp3) is 0.429. The molecule has 0 aromatic heterocycles. The molecular weight excluding hydrogens is 285 g/mol. The number of esters is 1. The van der Waals surface area contributed by atoms with Gasteiger partial charge in [0.15, 0.2) is 0 Å². The number of methoxy groups -OCH3 is 1. The Kier molecular flexibility index (Phi) is 5.51. The van der Waals surface area contributed by atoms with E-state index in [9.17, 15) is 14.0 Å². The number of hydrogen-bond donors (Lipinski definition) is 1. The predicted octanol–water partition coefficient (Wildman–Crippen LogP) is 2.94. The van der Waals surface area contributed by atoms with E-state index in [1.165, 1.54) is 13.2 Å². The summed E-state index contributed by atoms with van der Waals surface area (Å²) in [6.45, 7) is 3.58. The third-order valence-electron chi connectivity index (χ3n) is 3.13. The molecule has 0 saturated carbocycles. The number of amides is 1. The normalized spacial score (nSPS) is 13.4. The summed E-state index contributed by atoms with van der Waals surface area (Å²) in [5, 5.41) is 2.77. The van der Waals surface area contributed by atoms with Crippen molar-refractivity contribution >= 4 is 23.5 Å². The fourth-order valence-electron chi connectivity index (χ4n) is 1.66. The van der Waals surface area contributed by atoms with E-state index in [2.05, 4.69) is 10.1 Å². The molecule has 0 aliphatic heterocycles. The first-order valence-electron chi connectivity index (χ1n) is 6.15. The molecule has 0 aliphatic rings. The number of rotatable bonds is 5. The maximum atomic E-state index is 13.0. The second-order valence-corrected chi connectivity index (χ2v) is 5.15. The summed E-state index contributed by atoms with van der Waals surface area (Å²) in [7, 11) is 1.29. The van der Waals surface area contributed by atoms with E-state index in [-0.39, 0.29) is 17.0 Å². The van der Waals surface area contributed by atoms with Crippen molar-refractivity contribution in [2.75, 3.05) is 7.11 Å². The van der Waals surface area contributed by atoms with Crippen LogP contribution in [0.15, 0.2) is 18.2 Å². The predicted molar refractivity (Wildman–Crippen MR) is 74.2 cm³/mol. The third kappa shape index (κ3) is 4.20. The summed E-state index contributed by atoms with van der Waals surface area (Å²) in [4.78, 5) is 23.5. The highest BCUT2D eigenvalue weighted by molar-refractivity contribution is 6.33. The third-order valence-corrected chi connectivity index (χ3v) is 3.45. The van der Waals surface area contributed by atoms with Gasteiger partial charge in [0.1, 0.15) is 5.82 Å². The zero-order valence-corrected chi connectivity index (χ0v) is 12.4. The summed E-state index contributed by atoms with van der Waals surface area (Å²) in [6, 6.07) is 3.53. The number of hydrogen-bond acceptors (Lipinski definition) is 3. The van der Waals surface area contributed by atoms with Crippen molar-refractivity contribution < 1.29 is 18.7 Å². The number of nitrogens with one attached hydrogen (secondary N) is 1. The van der Waals surface area contributed by atoms with Gasteiger partial charge < -0.3 is 10.1 Å². The zero-order valence-electron chi connectivity index (χ0n) is 11.6. The van der Waals surface area contributed by atoms with Gasteiger partial charge in [0.2, 0.25) is 0 Å². The van der Waals surface area contributed by atoms with Gasteiger partial charge in [0.25, 0.3) is 5.91 Å². The molecule has 0 heterocycles. The average Bonchev–Trinajstić information content (AvgIpc) is 2.38. The molecule has 4 nitrogen and oxygen atoms in total. The summed E-state index contributed by atoms with van der Waals surface area (Å²) >= 11 is 5.84. The molecule has 1 atom stereocenters. The lowest BCUT2D eigenvalue weighted by molar-refractivity contribution is -0.142. The SMILES string of the molecule is CC[C@](C)(CC(=O)OC)NC(=O)c1ccc(F)cc1Cl. The van der Waals surface area contributed by atoms with Crippen LogP contribution < -0.4 is 5.32 Å². The van der Waals surface area contributed by atoms with Crippen molar-refractivity contribution in [1.82, 2.24) is 5.32 Å². The van der Waals surface area contributed by atoms with Gasteiger partial charge in [-0.15, -0.1) is 0 Å². The van der Waals surface area contributed by atoms with Gasteiger partial charge in [-0.2, -0.15) is 0 Å². The lowest BCUT2D eigenvalue weighted by Crippen LogP contribution is -2.47. The van der Waals surface area contributed by atoms with E-state index in [1.54, 1.807) is 6.92 Å². The van der Waals surface area contributed by atoms with Crippen LogP contribution in [0.1, 0.15) is 37.0 Å². The van der Waals surface area contributed by atoms with Crippen molar-refractivity contribution in [3.05, 3.63) is 34.6 Å². The number of halogens is 2. The monoisotopic (exact) mass is 301 g/mol. The lowest BCUT2D eigenvalue weighted by atomic mass is 9.94. The van der Waals surface area contributed by atoms with E-state index in [1.807, 2.05) is 6.92 Å². The second-order valence-electron chi connectivity index (χ2n) is 4.75. The van der Waals surface area contributed by atoms with E-state index in [0.717, 1.165) is 12.1 Å². The lowest BCUT2D eigenvalue weighted by Gasteiger charge is -2.28. The van der Waals surface area contributed by atoms with Gasteiger partial charge in [0.05, 0.1) is 24.1 Å². The first-order chi connectivity index (χ1) is 9.31. The van der Waals surface area contributed by atoms with Crippen LogP contribution in [0.4, 0.5) is 4.39 Å². The Labute approximate surface area is 122 Å². The molecule has 0 unspecified atom stereocenters. The number of ether oxygens (including phenoxy) is 1. The van der Waals surface area contributed by atoms with Crippen LogP contribution in [0.2, 0.25) is 5.02 Å². The molecule has 1 rings (SSSR count). The molecule has 20 heavy (non-hydrogen) atoms. The summed E-state index contributed by atoms with van der Waals surface area (Å²) in [6.07, 6.45) is 0.581. The van der Waals surface area contributed by atoms with Crippen molar-refractivity contribution in [3.63, 3.8) is 0 Å². The van der Waals surface area contributed by atoms with Crippen molar-refractivity contribution in [2.45, 2.75) is 32.2 Å². The van der Waals surface area contributed by atoms with Crippen LogP contribution in [0.25, 0.3) is 0 Å². The van der Waals surface area contributed by atoms with Gasteiger partial charge in [0, 0.05) is 5.54 Å². The highest BCUT2D eigenvalue weighted by Crippen LogP contribution is 2.20. The minimum Gasteiger partial charge on any atom is -0.469 e. The summed E-state index contributed by atoms with van der Waals surface area (Å²) in [5.41, 5.74) is -0.584. The standard InChI is InChI=1S/C14H17ClFNO3/c1-4-14(2,8-12(18)20-3)17-13(19)10-6-5-9(16)7-11(10)15/h5-7H,4,8H2,1-3H3,(H,17,19)/t14-/m1/s1. The Bertz CT molecular complexity index is 521. The van der Waals surface area contributed by atoms with Crippen molar-refractivity contribution in [2.24, 2.45) is 0 Å². The van der Waals surface area contributed by atoms with Crippen LogP contribution in [-0.2, 0) is 9.53 Å². The molecule has 0 fully saturated rings. The Hall–Kier alpha value is -1.62. The molecule has 0 aliphatic carbocycles. The number of carbonyl (C=O) groups excluding carboxylic acids is 2. The van der Waals surface area contributed by atoms with Crippen LogP contribution >= 0.6 is 11.6 Å². The molecule has 0 radical (unpaired) electrons. The quantitative estimate of drug-likeness (QED) is 0.851. The van der Waals surface area contributed by atoms with Gasteiger partial charge in [-0.05, 0) is 31.5 Å². The van der Waals surface area contributed by atoms with Gasteiger partial charge in [-0.3, -0.25) is 9.59 Å². The fourth-order valence-corrected chi connectivity index (χ4v) is 1.92. The van der Waals surface area contributed by atoms with E-state index >= 15 is 0 Å². The molecular formula is C14H17ClFNO3. The molecule has 6 heteroatoms. The minimum absolute atomic E-state index is 0.0269. The number of carbonyl (C=O) groups is 2. The van der Waals surface area contributed by atoms with Gasteiger partial charge in [-0.25, -0.2) is 4.39 Å². The molecule has 0 spiro atoms. The molecule has 1 aromatic rings. The summed E-state index contributed by atoms with van der Waals surface area (Å²) < 4.78 is 17.6. The van der Waals surface area contributed by atoms with Crippen LogP contribution in [-0.4, -0.2) is 24.5 Å². The smallest absolute Gasteiger partial charge is 0.307 e. The van der Waals surface area contributed by atoms with E-state index in [4.69, 9.17) is 11.6 Å². The molecule has 110 valence electrons. The molecule has 0 saturated heterocycles. The molecule has 1 N–H and O–H groups in total. The van der Waals surface area contributed by atoms with Crippen LogP contribution in [0, 0.1) is 5.82 Å². The Morgan fingerprint density at radius 3 is 2.60 bits per heavy atom. The second kappa shape index (κ2) is 6.70. The average molecular weight is 302 g/mol. The molecule has 1 aromatic carbocycles. The largest absolute Gasteiger partial charge is 0.469 e. The highest BCUT2D eigenvalue weighted by atomic mass is 35.5. The van der Waals surface area contributed by atoms with Crippen molar-refractivity contribution in [1.29, 1.82) is 0 Å². The summed E-state index contributed by atoms with van der Waals surface area (Å²) in [5.74, 6) is -1.39. The zero-order chi connectivity index (χ0) is 15.3. The molecule has 0 bridgehead atoms. The Balaban J connectivity index is 2.89. The van der Waals surface area contributed by atoms with Crippen molar-refractivity contribution in [3.8, 4) is 0 Å². The first kappa shape index (κ1) is 16.4. The topological polar surface area (TPSA) is 55.4 Å². The number of benzene rings is 1. The highest BCUT2D eigenvalue weighted by Gasteiger charge is 2.29. The minimum atomic E-state index is -0.748. The van der Waals surface area contributed by atoms with E-state index in [0.29, 0.717) is 6.42 Å². The first-order valence-corrected chi connectivity index (χ1v) is 6.53. The van der Waals surface area contributed by atoms with Gasteiger partial charge >= 0.3 is 5.97 Å². The maximum Gasteiger partial charge on any atom is 0.307 e. The van der Waals surface area contributed by atoms with Crippen LogP contribution in [0.3, 0.4) is 0 Å². The van der Waals surface area contributed by atoms with E-state index < -0.39 is 23.2 Å². The van der Waals surface area contributed by atoms with Crippen LogP contribution in [0.5, 0.6) is 0 Å². The molecule has 1 amide bonds. The Morgan fingerprint density at radius 2 is 2.10 bits per heavy atom. The van der Waals surface area contributed by atoms with Gasteiger partial charge in [-0.1, -0.05) is 18.5 Å². The maximum absolute atomic E-state index is 13.0. The Morgan fingerprint density at radius 1 is 1.45 bits per heavy atom.